The molecule has 1 aromatic heterocycles. The molecule has 0 spiro atoms. The Morgan fingerprint density at radius 1 is 1.29 bits per heavy atom. The molecule has 3 nitrogen and oxygen atoms in total. The number of hydrogen-bond acceptors (Lipinski definition) is 4. The van der Waals surface area contributed by atoms with Gasteiger partial charge in [0.1, 0.15) is 0 Å². The number of likely N-dealkylation sites (N-methyl/N-ethyl adjacent to an activating group) is 1. The van der Waals surface area contributed by atoms with Gasteiger partial charge in [-0.05, 0) is 31.3 Å². The molecule has 0 aliphatic carbocycles. The van der Waals surface area contributed by atoms with Gasteiger partial charge in [-0.15, -0.1) is 11.3 Å². The third kappa shape index (κ3) is 3.17. The minimum absolute atomic E-state index is 0.992. The Hall–Kier alpha value is -1.13. The first-order valence-corrected chi connectivity index (χ1v) is 7.01. The van der Waals surface area contributed by atoms with Crippen molar-refractivity contribution in [3.8, 4) is 0 Å². The second-order valence-electron chi connectivity index (χ2n) is 3.99. The molecule has 4 heteroatoms. The molecule has 0 radical (unpaired) electrons. The van der Waals surface area contributed by atoms with Crippen LogP contribution < -0.4 is 5.32 Å². The average molecular weight is 249 g/mol. The summed E-state index contributed by atoms with van der Waals surface area (Å²) in [6.07, 6.45) is 0. The number of thiazole rings is 1. The molecule has 2 aromatic rings. The summed E-state index contributed by atoms with van der Waals surface area (Å²) in [5.41, 5.74) is 4.17. The Morgan fingerprint density at radius 3 is 2.88 bits per heavy atom. The smallest absolute Gasteiger partial charge is 0.0813 e. The zero-order valence-corrected chi connectivity index (χ0v) is 11.3. The Labute approximate surface area is 106 Å². The van der Waals surface area contributed by atoms with Crippen molar-refractivity contribution in [2.24, 2.45) is 0 Å². The first-order valence-electron chi connectivity index (χ1n) is 6.13. The Kier molecular flexibility index (Phi) is 4.34. The van der Waals surface area contributed by atoms with E-state index in [1.54, 1.807) is 11.3 Å². The maximum absolute atomic E-state index is 4.28. The van der Waals surface area contributed by atoms with Gasteiger partial charge in [0, 0.05) is 18.8 Å². The number of fused-ring (bicyclic) bond motifs is 1. The van der Waals surface area contributed by atoms with E-state index in [4.69, 9.17) is 0 Å². The number of benzene rings is 1. The molecule has 2 rings (SSSR count). The number of nitrogens with one attached hydrogen (secondary N) is 1. The summed E-state index contributed by atoms with van der Waals surface area (Å²) in [5, 5.41) is 3.46. The van der Waals surface area contributed by atoms with Crippen LogP contribution in [-0.4, -0.2) is 36.1 Å². The molecule has 1 N–H and O–H groups in total. The predicted molar refractivity (Wildman–Crippen MR) is 75.9 cm³/mol. The van der Waals surface area contributed by atoms with Gasteiger partial charge >= 0.3 is 0 Å². The summed E-state index contributed by atoms with van der Waals surface area (Å²) in [5.74, 6) is 0. The van der Waals surface area contributed by atoms with Crippen LogP contribution in [0.3, 0.4) is 0 Å². The second-order valence-corrected chi connectivity index (χ2v) is 4.87. The van der Waals surface area contributed by atoms with Gasteiger partial charge in [0.2, 0.25) is 0 Å². The summed E-state index contributed by atoms with van der Waals surface area (Å²) in [6, 6.07) is 6.35. The third-order valence-corrected chi connectivity index (χ3v) is 3.77. The first kappa shape index (κ1) is 12.3. The molecule has 1 aromatic carbocycles. The van der Waals surface area contributed by atoms with Crippen molar-refractivity contribution < 1.29 is 0 Å². The van der Waals surface area contributed by atoms with Crippen molar-refractivity contribution in [1.82, 2.24) is 9.88 Å². The normalized spacial score (nSPS) is 11.2. The van der Waals surface area contributed by atoms with Crippen molar-refractivity contribution in [3.63, 3.8) is 0 Å². The highest BCUT2D eigenvalue weighted by molar-refractivity contribution is 7.16. The maximum atomic E-state index is 4.28. The summed E-state index contributed by atoms with van der Waals surface area (Å²) < 4.78 is 1.25. The van der Waals surface area contributed by atoms with Gasteiger partial charge in [0.05, 0.1) is 15.7 Å². The molecule has 1 heterocycles. The topological polar surface area (TPSA) is 28.2 Å². The molecule has 92 valence electrons. The van der Waals surface area contributed by atoms with Crippen molar-refractivity contribution >= 4 is 27.2 Å². The molecule has 0 saturated carbocycles. The van der Waals surface area contributed by atoms with Crippen LogP contribution in [0.2, 0.25) is 0 Å². The predicted octanol–water partition coefficient (Wildman–Crippen LogP) is 3.05. The van der Waals surface area contributed by atoms with Gasteiger partial charge in [0.15, 0.2) is 0 Å². The van der Waals surface area contributed by atoms with E-state index in [-0.39, 0.29) is 0 Å². The number of aromatic nitrogens is 1. The van der Waals surface area contributed by atoms with Gasteiger partial charge in [-0.25, -0.2) is 4.98 Å². The van der Waals surface area contributed by atoms with Gasteiger partial charge in [-0.3, -0.25) is 0 Å². The summed E-state index contributed by atoms with van der Waals surface area (Å²) in [7, 11) is 0. The second kappa shape index (κ2) is 5.98. The molecule has 0 fully saturated rings. The lowest BCUT2D eigenvalue weighted by atomic mass is 10.3. The average Bonchev–Trinajstić information content (AvgIpc) is 2.82. The standard InChI is InChI=1S/C13H19N3S/c1-3-16(4-2)8-7-14-11-5-6-12-13(9-11)17-10-15-12/h5-6,9-10,14H,3-4,7-8H2,1-2H3. The van der Waals surface area contributed by atoms with Crippen molar-refractivity contribution in [3.05, 3.63) is 23.7 Å². The van der Waals surface area contributed by atoms with Crippen molar-refractivity contribution in [1.29, 1.82) is 0 Å². The maximum Gasteiger partial charge on any atom is 0.0813 e. The lowest BCUT2D eigenvalue weighted by molar-refractivity contribution is 0.316. The van der Waals surface area contributed by atoms with E-state index in [1.807, 2.05) is 5.51 Å². The Morgan fingerprint density at radius 2 is 2.12 bits per heavy atom. The lowest BCUT2D eigenvalue weighted by Gasteiger charge is -2.18. The molecule has 0 bridgehead atoms. The summed E-state index contributed by atoms with van der Waals surface area (Å²) >= 11 is 1.69. The van der Waals surface area contributed by atoms with Gasteiger partial charge < -0.3 is 10.2 Å². The third-order valence-electron chi connectivity index (χ3n) is 2.98. The van der Waals surface area contributed by atoms with Crippen LogP contribution in [0.4, 0.5) is 5.69 Å². The van der Waals surface area contributed by atoms with Gasteiger partial charge in [-0.2, -0.15) is 0 Å². The van der Waals surface area contributed by atoms with Crippen LogP contribution >= 0.6 is 11.3 Å². The van der Waals surface area contributed by atoms with Crippen molar-refractivity contribution in [2.75, 3.05) is 31.5 Å². The highest BCUT2D eigenvalue weighted by atomic mass is 32.1. The van der Waals surface area contributed by atoms with Crippen LogP contribution in [0.15, 0.2) is 23.7 Å². The van der Waals surface area contributed by atoms with Gasteiger partial charge in [0.25, 0.3) is 0 Å². The summed E-state index contributed by atoms with van der Waals surface area (Å²) in [4.78, 5) is 6.69. The number of hydrogen-bond donors (Lipinski definition) is 1. The molecule has 0 aliphatic heterocycles. The number of anilines is 1. The Bertz CT molecular complexity index is 462. The lowest BCUT2D eigenvalue weighted by Crippen LogP contribution is -2.28. The van der Waals surface area contributed by atoms with E-state index in [0.717, 1.165) is 31.7 Å². The fourth-order valence-electron chi connectivity index (χ4n) is 1.86. The molecular weight excluding hydrogens is 230 g/mol. The zero-order chi connectivity index (χ0) is 12.1. The highest BCUT2D eigenvalue weighted by Gasteiger charge is 2.00. The van der Waals surface area contributed by atoms with Crippen LogP contribution in [0.25, 0.3) is 10.2 Å². The monoisotopic (exact) mass is 249 g/mol. The van der Waals surface area contributed by atoms with Crippen LogP contribution in [-0.2, 0) is 0 Å². The Balaban J connectivity index is 1.90. The fraction of sp³-hybridized carbons (Fsp3) is 0.462. The fourth-order valence-corrected chi connectivity index (χ4v) is 2.58. The van der Waals surface area contributed by atoms with Crippen molar-refractivity contribution in [2.45, 2.75) is 13.8 Å². The molecule has 0 unspecified atom stereocenters. The number of nitrogens with zero attached hydrogens (tertiary/aromatic N) is 2. The minimum Gasteiger partial charge on any atom is -0.384 e. The first-order chi connectivity index (χ1) is 8.33. The largest absolute Gasteiger partial charge is 0.384 e. The van der Waals surface area contributed by atoms with E-state index in [9.17, 15) is 0 Å². The minimum atomic E-state index is 0.992. The van der Waals surface area contributed by atoms with Gasteiger partial charge in [-0.1, -0.05) is 13.8 Å². The van der Waals surface area contributed by atoms with Crippen LogP contribution in [0.5, 0.6) is 0 Å². The number of rotatable bonds is 6. The van der Waals surface area contributed by atoms with E-state index in [2.05, 4.69) is 47.2 Å². The molecule has 0 saturated heterocycles. The van der Waals surface area contributed by atoms with E-state index in [1.165, 1.54) is 10.4 Å². The van der Waals surface area contributed by atoms with Crippen LogP contribution in [0.1, 0.15) is 13.8 Å². The van der Waals surface area contributed by atoms with Crippen LogP contribution in [0, 0.1) is 0 Å². The highest BCUT2D eigenvalue weighted by Crippen LogP contribution is 2.21. The molecule has 0 aliphatic rings. The molecule has 17 heavy (non-hydrogen) atoms. The summed E-state index contributed by atoms with van der Waals surface area (Å²) in [6.45, 7) is 8.72. The van der Waals surface area contributed by atoms with E-state index >= 15 is 0 Å². The van der Waals surface area contributed by atoms with E-state index in [0.29, 0.717) is 0 Å². The molecule has 0 atom stereocenters. The quantitative estimate of drug-likeness (QED) is 0.853. The molecule has 0 amide bonds. The SMILES string of the molecule is CCN(CC)CCNc1ccc2ncsc2c1. The molecular formula is C13H19N3S. The van der Waals surface area contributed by atoms with E-state index < -0.39 is 0 Å². The zero-order valence-electron chi connectivity index (χ0n) is 10.4.